The highest BCUT2D eigenvalue weighted by Gasteiger charge is 2.16. The molecule has 0 spiro atoms. The van der Waals surface area contributed by atoms with Crippen LogP contribution in [0.5, 0.6) is 5.75 Å². The van der Waals surface area contributed by atoms with Crippen molar-refractivity contribution in [3.8, 4) is 5.75 Å². The van der Waals surface area contributed by atoms with E-state index in [1.165, 1.54) is 0 Å². The van der Waals surface area contributed by atoms with Gasteiger partial charge in [0.2, 0.25) is 0 Å². The Morgan fingerprint density at radius 3 is 2.58 bits per heavy atom. The van der Waals surface area contributed by atoms with Gasteiger partial charge in [-0.15, -0.1) is 0 Å². The average molecular weight is 266 g/mol. The lowest BCUT2D eigenvalue weighted by Gasteiger charge is -2.24. The van der Waals surface area contributed by atoms with Crippen molar-refractivity contribution in [2.24, 2.45) is 0 Å². The molecule has 0 amide bonds. The third kappa shape index (κ3) is 4.49. The van der Waals surface area contributed by atoms with Crippen LogP contribution in [0.25, 0.3) is 0 Å². The fourth-order valence-corrected chi connectivity index (χ4v) is 2.12. The summed E-state index contributed by atoms with van der Waals surface area (Å²) in [5, 5.41) is 10.1. The maximum atomic E-state index is 10.1. The lowest BCUT2D eigenvalue weighted by molar-refractivity contribution is -0.183. The Morgan fingerprint density at radius 2 is 1.95 bits per heavy atom. The first-order valence-electron chi connectivity index (χ1n) is 6.93. The average Bonchev–Trinajstić information content (AvgIpc) is 2.47. The van der Waals surface area contributed by atoms with E-state index in [0.29, 0.717) is 19.4 Å². The summed E-state index contributed by atoms with van der Waals surface area (Å²) in [5.74, 6) is 0.831. The highest BCUT2D eigenvalue weighted by Crippen LogP contribution is 2.23. The van der Waals surface area contributed by atoms with Crippen molar-refractivity contribution in [3.63, 3.8) is 0 Å². The zero-order valence-electron chi connectivity index (χ0n) is 11.4. The van der Waals surface area contributed by atoms with E-state index in [-0.39, 0.29) is 6.29 Å². The summed E-state index contributed by atoms with van der Waals surface area (Å²) in [5.41, 5.74) is 0.902. The van der Waals surface area contributed by atoms with Crippen molar-refractivity contribution in [1.29, 1.82) is 0 Å². The molecule has 0 saturated carbocycles. The minimum atomic E-state index is -0.482. The molecule has 1 aromatic rings. The molecule has 0 aromatic heterocycles. The zero-order valence-corrected chi connectivity index (χ0v) is 11.4. The quantitative estimate of drug-likeness (QED) is 0.860. The van der Waals surface area contributed by atoms with Crippen LogP contribution in [0.15, 0.2) is 24.3 Å². The largest absolute Gasteiger partial charge is 0.494 e. The third-order valence-corrected chi connectivity index (χ3v) is 3.15. The van der Waals surface area contributed by atoms with Crippen LogP contribution in [0, 0.1) is 0 Å². The van der Waals surface area contributed by atoms with Crippen LogP contribution in [0.2, 0.25) is 0 Å². The summed E-state index contributed by atoms with van der Waals surface area (Å²) in [6.07, 6.45) is 1.67. The second-order valence-corrected chi connectivity index (χ2v) is 4.62. The van der Waals surface area contributed by atoms with Gasteiger partial charge in [0.15, 0.2) is 6.29 Å². The minimum Gasteiger partial charge on any atom is -0.494 e. The van der Waals surface area contributed by atoms with Gasteiger partial charge < -0.3 is 19.3 Å². The molecule has 0 aliphatic carbocycles. The summed E-state index contributed by atoms with van der Waals surface area (Å²) in [6.45, 7) is 4.11. The van der Waals surface area contributed by atoms with Crippen molar-refractivity contribution >= 4 is 0 Å². The molecule has 1 N–H and O–H groups in total. The molecule has 1 atom stereocenters. The van der Waals surface area contributed by atoms with Crippen LogP contribution >= 0.6 is 0 Å². The van der Waals surface area contributed by atoms with Crippen molar-refractivity contribution in [3.05, 3.63) is 29.8 Å². The fraction of sp³-hybridized carbons (Fsp3) is 0.600. The first-order chi connectivity index (χ1) is 9.29. The Kier molecular flexibility index (Phi) is 5.63. The SMILES string of the molecule is CCOc1ccc(C(O)CCC2OCCCO2)cc1. The van der Waals surface area contributed by atoms with Crippen LogP contribution in [0.3, 0.4) is 0 Å². The Morgan fingerprint density at radius 1 is 1.26 bits per heavy atom. The summed E-state index contributed by atoms with van der Waals surface area (Å²) in [6, 6.07) is 7.57. The van der Waals surface area contributed by atoms with E-state index in [4.69, 9.17) is 14.2 Å². The number of aliphatic hydroxyl groups excluding tert-OH is 1. The first-order valence-corrected chi connectivity index (χ1v) is 6.93. The maximum Gasteiger partial charge on any atom is 0.157 e. The maximum absolute atomic E-state index is 10.1. The first kappa shape index (κ1) is 14.3. The van der Waals surface area contributed by atoms with Gasteiger partial charge in [-0.3, -0.25) is 0 Å². The molecule has 0 radical (unpaired) electrons. The predicted molar refractivity (Wildman–Crippen MR) is 72.1 cm³/mol. The van der Waals surface area contributed by atoms with Gasteiger partial charge in [0, 0.05) is 6.42 Å². The number of hydrogen-bond donors (Lipinski definition) is 1. The predicted octanol–water partition coefficient (Wildman–Crippen LogP) is 2.66. The zero-order chi connectivity index (χ0) is 13.5. The van der Waals surface area contributed by atoms with Crippen molar-refractivity contribution in [1.82, 2.24) is 0 Å². The van der Waals surface area contributed by atoms with Gasteiger partial charge in [0.05, 0.1) is 25.9 Å². The molecule has 1 heterocycles. The second-order valence-electron chi connectivity index (χ2n) is 4.62. The molecule has 106 valence electrons. The number of hydrogen-bond acceptors (Lipinski definition) is 4. The van der Waals surface area contributed by atoms with E-state index >= 15 is 0 Å². The molecule has 1 saturated heterocycles. The molecule has 2 rings (SSSR count). The highest BCUT2D eigenvalue weighted by atomic mass is 16.7. The molecular formula is C15H22O4. The Balaban J connectivity index is 1.79. The third-order valence-electron chi connectivity index (χ3n) is 3.15. The smallest absolute Gasteiger partial charge is 0.157 e. The number of ether oxygens (including phenoxy) is 3. The van der Waals surface area contributed by atoms with Crippen LogP contribution in [-0.4, -0.2) is 31.2 Å². The summed E-state index contributed by atoms with van der Waals surface area (Å²) < 4.78 is 16.3. The molecule has 1 aromatic carbocycles. The van der Waals surface area contributed by atoms with Crippen LogP contribution in [0.4, 0.5) is 0 Å². The normalized spacial score (nSPS) is 18.2. The number of aliphatic hydroxyl groups is 1. The molecule has 19 heavy (non-hydrogen) atoms. The summed E-state index contributed by atoms with van der Waals surface area (Å²) in [4.78, 5) is 0. The monoisotopic (exact) mass is 266 g/mol. The van der Waals surface area contributed by atoms with Crippen LogP contribution < -0.4 is 4.74 Å². The number of rotatable bonds is 6. The van der Waals surface area contributed by atoms with Gasteiger partial charge in [-0.25, -0.2) is 0 Å². The summed E-state index contributed by atoms with van der Waals surface area (Å²) in [7, 11) is 0. The van der Waals surface area contributed by atoms with Gasteiger partial charge >= 0.3 is 0 Å². The van der Waals surface area contributed by atoms with E-state index < -0.39 is 6.10 Å². The van der Waals surface area contributed by atoms with E-state index in [1.807, 2.05) is 31.2 Å². The summed E-state index contributed by atoms with van der Waals surface area (Å²) >= 11 is 0. The lowest BCUT2D eigenvalue weighted by Crippen LogP contribution is -2.25. The fourth-order valence-electron chi connectivity index (χ4n) is 2.12. The number of benzene rings is 1. The standard InChI is InChI=1S/C15H22O4/c1-2-17-13-6-4-12(5-7-13)14(16)8-9-15-18-10-3-11-19-15/h4-7,14-16H,2-3,8-11H2,1H3. The van der Waals surface area contributed by atoms with Crippen molar-refractivity contribution in [2.75, 3.05) is 19.8 Å². The molecule has 4 heteroatoms. The minimum absolute atomic E-state index is 0.161. The molecule has 4 nitrogen and oxygen atoms in total. The van der Waals surface area contributed by atoms with E-state index in [1.54, 1.807) is 0 Å². The Bertz CT molecular complexity index is 357. The Hall–Kier alpha value is -1.10. The van der Waals surface area contributed by atoms with Crippen molar-refractivity contribution < 1.29 is 19.3 Å². The molecule has 0 bridgehead atoms. The molecule has 1 aliphatic rings. The Labute approximate surface area is 114 Å². The van der Waals surface area contributed by atoms with Crippen LogP contribution in [-0.2, 0) is 9.47 Å². The second kappa shape index (κ2) is 7.48. The molecule has 1 aliphatic heterocycles. The van der Waals surface area contributed by atoms with Gasteiger partial charge in [-0.2, -0.15) is 0 Å². The van der Waals surface area contributed by atoms with E-state index in [9.17, 15) is 5.11 Å². The molecular weight excluding hydrogens is 244 g/mol. The van der Waals surface area contributed by atoms with Gasteiger partial charge in [0.25, 0.3) is 0 Å². The highest BCUT2D eigenvalue weighted by molar-refractivity contribution is 5.28. The molecule has 1 fully saturated rings. The lowest BCUT2D eigenvalue weighted by atomic mass is 10.0. The van der Waals surface area contributed by atoms with Gasteiger partial charge in [-0.1, -0.05) is 12.1 Å². The van der Waals surface area contributed by atoms with Gasteiger partial charge in [0.1, 0.15) is 5.75 Å². The van der Waals surface area contributed by atoms with Crippen LogP contribution in [0.1, 0.15) is 37.9 Å². The molecule has 1 unspecified atom stereocenters. The van der Waals surface area contributed by atoms with Crippen molar-refractivity contribution in [2.45, 2.75) is 38.6 Å². The van der Waals surface area contributed by atoms with E-state index in [0.717, 1.165) is 30.9 Å². The van der Waals surface area contributed by atoms with Gasteiger partial charge in [-0.05, 0) is 37.5 Å². The topological polar surface area (TPSA) is 47.9 Å². The van der Waals surface area contributed by atoms with E-state index in [2.05, 4.69) is 0 Å².